The van der Waals surface area contributed by atoms with Gasteiger partial charge in [-0.05, 0) is 52.9 Å². The minimum absolute atomic E-state index is 0.140. The molecule has 0 bridgehead atoms. The van der Waals surface area contributed by atoms with Crippen molar-refractivity contribution >= 4 is 27.9 Å². The summed E-state index contributed by atoms with van der Waals surface area (Å²) in [5.41, 5.74) is 0. The number of nitrogens with one attached hydrogen (secondary N) is 1. The van der Waals surface area contributed by atoms with Crippen LogP contribution in [0.3, 0.4) is 0 Å². The Morgan fingerprint density at radius 3 is 3.00 bits per heavy atom. The molecule has 1 aromatic rings. The van der Waals surface area contributed by atoms with E-state index in [0.29, 0.717) is 17.0 Å². The van der Waals surface area contributed by atoms with Gasteiger partial charge in [0.05, 0.1) is 0 Å². The van der Waals surface area contributed by atoms with Gasteiger partial charge in [-0.25, -0.2) is 0 Å². The van der Waals surface area contributed by atoms with Gasteiger partial charge in [-0.15, -0.1) is 0 Å². The molecular formula is C13H18BrNO3. The number of amides is 1. The molecule has 0 fully saturated rings. The van der Waals surface area contributed by atoms with Crippen LogP contribution in [-0.4, -0.2) is 24.2 Å². The van der Waals surface area contributed by atoms with E-state index in [1.54, 1.807) is 18.2 Å². The smallest absolute Gasteiger partial charge is 0.244 e. The van der Waals surface area contributed by atoms with Crippen LogP contribution in [0.15, 0.2) is 27.3 Å². The van der Waals surface area contributed by atoms with Gasteiger partial charge in [0.15, 0.2) is 4.67 Å². The van der Waals surface area contributed by atoms with E-state index in [9.17, 15) is 4.79 Å². The van der Waals surface area contributed by atoms with Crippen LogP contribution in [0.1, 0.15) is 25.5 Å². The summed E-state index contributed by atoms with van der Waals surface area (Å²) in [7, 11) is 0. The van der Waals surface area contributed by atoms with E-state index >= 15 is 0 Å². The number of carbonyl (C=O) groups is 1. The molecule has 1 amide bonds. The van der Waals surface area contributed by atoms with Crippen molar-refractivity contribution in [2.24, 2.45) is 5.92 Å². The molecule has 1 unspecified atom stereocenters. The number of aliphatic hydroxyl groups is 1. The molecule has 5 heteroatoms. The summed E-state index contributed by atoms with van der Waals surface area (Å²) >= 11 is 3.19. The fourth-order valence-corrected chi connectivity index (χ4v) is 1.71. The molecule has 18 heavy (non-hydrogen) atoms. The highest BCUT2D eigenvalue weighted by Gasteiger charge is 2.00. The normalized spacial score (nSPS) is 12.8. The third-order valence-electron chi connectivity index (χ3n) is 2.48. The number of halogens is 1. The van der Waals surface area contributed by atoms with Gasteiger partial charge < -0.3 is 14.8 Å². The fourth-order valence-electron chi connectivity index (χ4n) is 1.39. The van der Waals surface area contributed by atoms with E-state index in [4.69, 9.17) is 9.52 Å². The second kappa shape index (κ2) is 8.11. The van der Waals surface area contributed by atoms with Gasteiger partial charge in [0.25, 0.3) is 0 Å². The maximum absolute atomic E-state index is 11.4. The van der Waals surface area contributed by atoms with E-state index < -0.39 is 0 Å². The highest BCUT2D eigenvalue weighted by Crippen LogP contribution is 2.14. The summed E-state index contributed by atoms with van der Waals surface area (Å²) in [6, 6.07) is 3.55. The predicted molar refractivity (Wildman–Crippen MR) is 73.9 cm³/mol. The molecular weight excluding hydrogens is 298 g/mol. The van der Waals surface area contributed by atoms with Crippen LogP contribution < -0.4 is 5.32 Å². The van der Waals surface area contributed by atoms with E-state index in [1.165, 1.54) is 6.08 Å². The van der Waals surface area contributed by atoms with E-state index in [-0.39, 0.29) is 18.4 Å². The largest absolute Gasteiger partial charge is 0.450 e. The number of rotatable bonds is 7. The van der Waals surface area contributed by atoms with E-state index in [2.05, 4.69) is 21.2 Å². The van der Waals surface area contributed by atoms with Crippen LogP contribution in [0, 0.1) is 5.92 Å². The Bertz CT molecular complexity index is 401. The number of furan rings is 1. The van der Waals surface area contributed by atoms with Gasteiger partial charge in [-0.3, -0.25) is 4.79 Å². The Morgan fingerprint density at radius 2 is 2.39 bits per heavy atom. The molecule has 100 valence electrons. The van der Waals surface area contributed by atoms with Crippen molar-refractivity contribution in [1.82, 2.24) is 5.32 Å². The highest BCUT2D eigenvalue weighted by atomic mass is 79.9. The first kappa shape index (κ1) is 15.0. The van der Waals surface area contributed by atoms with Crippen molar-refractivity contribution in [1.29, 1.82) is 0 Å². The molecule has 1 atom stereocenters. The Kier molecular flexibility index (Phi) is 6.75. The van der Waals surface area contributed by atoms with Crippen molar-refractivity contribution in [2.45, 2.75) is 19.8 Å². The summed E-state index contributed by atoms with van der Waals surface area (Å²) in [5, 5.41) is 11.6. The Morgan fingerprint density at radius 1 is 1.61 bits per heavy atom. The molecule has 1 rings (SSSR count). The van der Waals surface area contributed by atoms with Gasteiger partial charge >= 0.3 is 0 Å². The van der Waals surface area contributed by atoms with Crippen molar-refractivity contribution in [3.8, 4) is 0 Å². The molecule has 0 saturated heterocycles. The van der Waals surface area contributed by atoms with Gasteiger partial charge in [0.1, 0.15) is 5.76 Å². The monoisotopic (exact) mass is 315 g/mol. The van der Waals surface area contributed by atoms with Crippen molar-refractivity contribution in [3.05, 3.63) is 28.6 Å². The summed E-state index contributed by atoms with van der Waals surface area (Å²) < 4.78 is 5.87. The topological polar surface area (TPSA) is 62.5 Å². The molecule has 2 N–H and O–H groups in total. The average Bonchev–Trinajstić information content (AvgIpc) is 2.77. The van der Waals surface area contributed by atoms with Crippen LogP contribution in [-0.2, 0) is 4.79 Å². The number of aliphatic hydroxyl groups excluding tert-OH is 1. The zero-order valence-electron chi connectivity index (χ0n) is 10.4. The third-order valence-corrected chi connectivity index (χ3v) is 2.90. The number of hydrogen-bond donors (Lipinski definition) is 2. The Labute approximate surface area is 115 Å². The molecule has 0 aliphatic carbocycles. The first-order valence-electron chi connectivity index (χ1n) is 5.94. The van der Waals surface area contributed by atoms with E-state index in [1.807, 2.05) is 6.92 Å². The summed E-state index contributed by atoms with van der Waals surface area (Å²) in [6.45, 7) is 2.80. The van der Waals surface area contributed by atoms with Crippen molar-refractivity contribution in [3.63, 3.8) is 0 Å². The molecule has 0 aliphatic heterocycles. The summed E-state index contributed by atoms with van der Waals surface area (Å²) in [6.07, 6.45) is 4.84. The van der Waals surface area contributed by atoms with Crippen LogP contribution in [0.2, 0.25) is 0 Å². The molecule has 0 aromatic carbocycles. The zero-order chi connectivity index (χ0) is 13.4. The van der Waals surface area contributed by atoms with Crippen LogP contribution in [0.4, 0.5) is 0 Å². The second-order valence-corrected chi connectivity index (χ2v) is 4.98. The minimum atomic E-state index is -0.140. The Balaban J connectivity index is 2.19. The molecule has 0 spiro atoms. The number of carbonyl (C=O) groups excluding carboxylic acids is 1. The third kappa shape index (κ3) is 6.02. The lowest BCUT2D eigenvalue weighted by Gasteiger charge is -2.07. The molecule has 0 aliphatic rings. The lowest BCUT2D eigenvalue weighted by atomic mass is 10.1. The minimum Gasteiger partial charge on any atom is -0.450 e. The maximum atomic E-state index is 11.4. The van der Waals surface area contributed by atoms with Crippen LogP contribution in [0.25, 0.3) is 6.08 Å². The van der Waals surface area contributed by atoms with Crippen LogP contribution >= 0.6 is 15.9 Å². The lowest BCUT2D eigenvalue weighted by molar-refractivity contribution is -0.116. The van der Waals surface area contributed by atoms with Gasteiger partial charge in [0, 0.05) is 19.2 Å². The molecule has 0 saturated carbocycles. The fraction of sp³-hybridized carbons (Fsp3) is 0.462. The molecule has 1 aromatic heterocycles. The maximum Gasteiger partial charge on any atom is 0.244 e. The zero-order valence-corrected chi connectivity index (χ0v) is 11.9. The average molecular weight is 316 g/mol. The standard InChI is InChI=1S/C13H18BrNO3/c1-10(9-16)3-2-8-15-13(17)7-5-11-4-6-12(14)18-11/h4-7,10,16H,2-3,8-9H2,1H3,(H,15,17)/b7-5+. The Hall–Kier alpha value is -1.07. The predicted octanol–water partition coefficient (Wildman–Crippen LogP) is 2.58. The van der Waals surface area contributed by atoms with Crippen molar-refractivity contribution in [2.75, 3.05) is 13.2 Å². The molecule has 1 heterocycles. The molecule has 4 nitrogen and oxygen atoms in total. The second-order valence-electron chi connectivity index (χ2n) is 4.20. The van der Waals surface area contributed by atoms with Crippen molar-refractivity contribution < 1.29 is 14.3 Å². The van der Waals surface area contributed by atoms with E-state index in [0.717, 1.165) is 12.8 Å². The highest BCUT2D eigenvalue weighted by molar-refractivity contribution is 9.10. The van der Waals surface area contributed by atoms with Gasteiger partial charge in [-0.2, -0.15) is 0 Å². The van der Waals surface area contributed by atoms with Gasteiger partial charge in [0.2, 0.25) is 5.91 Å². The van der Waals surface area contributed by atoms with Gasteiger partial charge in [-0.1, -0.05) is 6.92 Å². The summed E-state index contributed by atoms with van der Waals surface area (Å²) in [4.78, 5) is 11.4. The summed E-state index contributed by atoms with van der Waals surface area (Å²) in [5.74, 6) is 0.781. The van der Waals surface area contributed by atoms with Crippen LogP contribution in [0.5, 0.6) is 0 Å². The molecule has 0 radical (unpaired) electrons. The first-order chi connectivity index (χ1) is 8.61. The first-order valence-corrected chi connectivity index (χ1v) is 6.73. The quantitative estimate of drug-likeness (QED) is 0.600. The SMILES string of the molecule is CC(CO)CCCNC(=O)/C=C/c1ccc(Br)o1. The lowest BCUT2D eigenvalue weighted by Crippen LogP contribution is -2.22. The number of hydrogen-bond acceptors (Lipinski definition) is 3.